The molecule has 0 spiro atoms. The summed E-state index contributed by atoms with van der Waals surface area (Å²) in [7, 11) is 0. The molecule has 3 aromatic rings. The Labute approximate surface area is 147 Å². The molecule has 4 nitrogen and oxygen atoms in total. The third kappa shape index (κ3) is 4.36. The summed E-state index contributed by atoms with van der Waals surface area (Å²) in [6.07, 6.45) is 1.25. The summed E-state index contributed by atoms with van der Waals surface area (Å²) in [6, 6.07) is 12.9. The molecule has 0 radical (unpaired) electrons. The summed E-state index contributed by atoms with van der Waals surface area (Å²) in [5.74, 6) is -0.127. The zero-order chi connectivity index (χ0) is 17.5. The molecule has 1 amide bonds. The van der Waals surface area contributed by atoms with Crippen molar-refractivity contribution in [2.45, 2.75) is 33.7 Å². The second-order valence-corrected chi connectivity index (χ2v) is 5.97. The number of benzene rings is 2. The molecule has 5 heteroatoms. The number of aromatic nitrogens is 2. The topological polar surface area (TPSA) is 57.8 Å². The Morgan fingerprint density at radius 1 is 1.21 bits per heavy atom. The van der Waals surface area contributed by atoms with Gasteiger partial charge in [-0.15, -0.1) is 0 Å². The van der Waals surface area contributed by atoms with E-state index in [1.807, 2.05) is 43.3 Å². The van der Waals surface area contributed by atoms with Gasteiger partial charge in [-0.25, -0.2) is 0 Å². The van der Waals surface area contributed by atoms with Crippen molar-refractivity contribution in [2.24, 2.45) is 0 Å². The van der Waals surface area contributed by atoms with Gasteiger partial charge in [-0.2, -0.15) is 5.10 Å². The summed E-state index contributed by atoms with van der Waals surface area (Å²) >= 11 is 6.07. The number of carbonyl (C=O) groups excluding carboxylic acids is 1. The fourth-order valence-corrected chi connectivity index (χ4v) is 2.40. The van der Waals surface area contributed by atoms with Gasteiger partial charge >= 0.3 is 0 Å². The van der Waals surface area contributed by atoms with Gasteiger partial charge in [0, 0.05) is 28.2 Å². The Hall–Kier alpha value is -2.33. The standard InChI is InChI=1S/C16H14ClN3O.C3H8/c1-10-13-8-11(6-7-15(13)20-19-10)16(21)18-9-12-4-2-3-5-14(12)17;1-3-2/h2-8H,9H2,1H3,(H,18,21)(H,19,20);3H2,1-2H3. The first-order valence-electron chi connectivity index (χ1n) is 8.03. The highest BCUT2D eigenvalue weighted by molar-refractivity contribution is 6.31. The van der Waals surface area contributed by atoms with Gasteiger partial charge in [0.2, 0.25) is 0 Å². The average Bonchev–Trinajstić information content (AvgIpc) is 2.95. The smallest absolute Gasteiger partial charge is 0.251 e. The van der Waals surface area contributed by atoms with E-state index >= 15 is 0 Å². The van der Waals surface area contributed by atoms with Gasteiger partial charge in [0.15, 0.2) is 0 Å². The molecule has 0 saturated heterocycles. The van der Waals surface area contributed by atoms with Crippen molar-refractivity contribution in [1.29, 1.82) is 0 Å². The van der Waals surface area contributed by atoms with Crippen LogP contribution in [-0.2, 0) is 6.54 Å². The van der Waals surface area contributed by atoms with Crippen LogP contribution in [0.1, 0.15) is 41.9 Å². The number of aromatic amines is 1. The molecule has 3 rings (SSSR count). The molecule has 0 saturated carbocycles. The van der Waals surface area contributed by atoms with Crippen LogP contribution in [-0.4, -0.2) is 16.1 Å². The molecule has 24 heavy (non-hydrogen) atoms. The number of aryl methyl sites for hydroxylation is 1. The van der Waals surface area contributed by atoms with Crippen molar-refractivity contribution in [3.05, 3.63) is 64.3 Å². The van der Waals surface area contributed by atoms with Gasteiger partial charge in [-0.05, 0) is 36.8 Å². The molecule has 1 heterocycles. The maximum Gasteiger partial charge on any atom is 0.251 e. The summed E-state index contributed by atoms with van der Waals surface area (Å²) in [5.41, 5.74) is 3.31. The second-order valence-electron chi connectivity index (χ2n) is 5.56. The van der Waals surface area contributed by atoms with Crippen LogP contribution in [0.25, 0.3) is 10.9 Å². The molecule has 2 N–H and O–H groups in total. The van der Waals surface area contributed by atoms with Crippen molar-refractivity contribution in [2.75, 3.05) is 0 Å². The fourth-order valence-electron chi connectivity index (χ4n) is 2.20. The number of fused-ring (bicyclic) bond motifs is 1. The lowest BCUT2D eigenvalue weighted by molar-refractivity contribution is 0.0951. The minimum Gasteiger partial charge on any atom is -0.348 e. The highest BCUT2D eigenvalue weighted by Crippen LogP contribution is 2.18. The number of nitrogens with zero attached hydrogens (tertiary/aromatic N) is 1. The molecule has 1 aromatic heterocycles. The molecule has 0 atom stereocenters. The normalized spacial score (nSPS) is 10.2. The van der Waals surface area contributed by atoms with E-state index in [0.29, 0.717) is 17.1 Å². The van der Waals surface area contributed by atoms with Gasteiger partial charge in [0.05, 0.1) is 5.52 Å². The lowest BCUT2D eigenvalue weighted by Gasteiger charge is -2.07. The molecule has 0 aliphatic heterocycles. The van der Waals surface area contributed by atoms with Crippen molar-refractivity contribution in [1.82, 2.24) is 15.5 Å². The largest absolute Gasteiger partial charge is 0.348 e. The van der Waals surface area contributed by atoms with Gasteiger partial charge in [0.25, 0.3) is 5.91 Å². The van der Waals surface area contributed by atoms with Crippen LogP contribution in [0.2, 0.25) is 5.02 Å². The summed E-state index contributed by atoms with van der Waals surface area (Å²) in [6.45, 7) is 6.58. The Morgan fingerprint density at radius 2 is 1.92 bits per heavy atom. The van der Waals surface area contributed by atoms with E-state index in [9.17, 15) is 4.79 Å². The molecule has 126 valence electrons. The van der Waals surface area contributed by atoms with E-state index < -0.39 is 0 Å². The van der Waals surface area contributed by atoms with Gasteiger partial charge in [-0.1, -0.05) is 50.1 Å². The lowest BCUT2D eigenvalue weighted by atomic mass is 10.1. The number of rotatable bonds is 3. The molecular formula is C19H22ClN3O. The highest BCUT2D eigenvalue weighted by Gasteiger charge is 2.09. The molecular weight excluding hydrogens is 322 g/mol. The zero-order valence-corrected chi connectivity index (χ0v) is 14.9. The van der Waals surface area contributed by atoms with Crippen molar-refractivity contribution < 1.29 is 4.79 Å². The van der Waals surface area contributed by atoms with Gasteiger partial charge in [0.1, 0.15) is 0 Å². The first-order valence-corrected chi connectivity index (χ1v) is 8.40. The van der Waals surface area contributed by atoms with E-state index in [4.69, 9.17) is 11.6 Å². The summed E-state index contributed by atoms with van der Waals surface area (Å²) < 4.78 is 0. The Balaban J connectivity index is 0.000000647. The van der Waals surface area contributed by atoms with Crippen molar-refractivity contribution in [3.8, 4) is 0 Å². The molecule has 2 aromatic carbocycles. The molecule has 0 bridgehead atoms. The Bertz CT molecular complexity index is 826. The Morgan fingerprint density at radius 3 is 2.62 bits per heavy atom. The maximum atomic E-state index is 12.2. The summed E-state index contributed by atoms with van der Waals surface area (Å²) in [5, 5.41) is 11.5. The monoisotopic (exact) mass is 343 g/mol. The van der Waals surface area contributed by atoms with Crippen LogP contribution in [0.5, 0.6) is 0 Å². The van der Waals surface area contributed by atoms with E-state index in [-0.39, 0.29) is 5.91 Å². The third-order valence-corrected chi connectivity index (χ3v) is 3.77. The minimum atomic E-state index is -0.127. The SMILES string of the molecule is CCC.Cc1[nH]nc2ccc(C(=O)NCc3ccccc3Cl)cc12. The number of hydrogen-bond donors (Lipinski definition) is 2. The summed E-state index contributed by atoms with van der Waals surface area (Å²) in [4.78, 5) is 12.2. The second kappa shape index (κ2) is 8.50. The van der Waals surface area contributed by atoms with Crippen LogP contribution in [0, 0.1) is 6.92 Å². The predicted molar refractivity (Wildman–Crippen MR) is 99.4 cm³/mol. The molecule has 0 aliphatic carbocycles. The quantitative estimate of drug-likeness (QED) is 0.712. The number of nitrogens with one attached hydrogen (secondary N) is 2. The first kappa shape index (κ1) is 18.0. The van der Waals surface area contributed by atoms with Crippen LogP contribution in [0.4, 0.5) is 0 Å². The molecule has 0 aliphatic rings. The van der Waals surface area contributed by atoms with Crippen molar-refractivity contribution in [3.63, 3.8) is 0 Å². The predicted octanol–water partition coefficient (Wildman–Crippen LogP) is 4.87. The Kier molecular flexibility index (Phi) is 6.38. The van der Waals surface area contributed by atoms with Gasteiger partial charge < -0.3 is 5.32 Å². The number of hydrogen-bond acceptors (Lipinski definition) is 2. The number of amides is 1. The highest BCUT2D eigenvalue weighted by atomic mass is 35.5. The number of H-pyrrole nitrogens is 1. The zero-order valence-electron chi connectivity index (χ0n) is 14.2. The maximum absolute atomic E-state index is 12.2. The molecule has 0 fully saturated rings. The van der Waals surface area contributed by atoms with Crippen LogP contribution < -0.4 is 5.32 Å². The van der Waals surface area contributed by atoms with Gasteiger partial charge in [-0.3, -0.25) is 9.89 Å². The van der Waals surface area contributed by atoms with E-state index in [0.717, 1.165) is 22.2 Å². The first-order chi connectivity index (χ1) is 11.6. The van der Waals surface area contributed by atoms with E-state index in [2.05, 4.69) is 29.4 Å². The third-order valence-electron chi connectivity index (χ3n) is 3.40. The van der Waals surface area contributed by atoms with Crippen LogP contribution in [0.3, 0.4) is 0 Å². The van der Waals surface area contributed by atoms with Crippen molar-refractivity contribution >= 4 is 28.4 Å². The van der Waals surface area contributed by atoms with Crippen LogP contribution >= 0.6 is 11.6 Å². The minimum absolute atomic E-state index is 0.127. The fraction of sp³-hybridized carbons (Fsp3) is 0.263. The lowest BCUT2D eigenvalue weighted by Crippen LogP contribution is -2.22. The van der Waals surface area contributed by atoms with Crippen LogP contribution in [0.15, 0.2) is 42.5 Å². The number of halogens is 1. The van der Waals surface area contributed by atoms with E-state index in [1.165, 1.54) is 6.42 Å². The van der Waals surface area contributed by atoms with E-state index in [1.54, 1.807) is 6.07 Å². The average molecular weight is 344 g/mol. The number of carbonyl (C=O) groups is 1. The molecule has 0 unspecified atom stereocenters.